The van der Waals surface area contributed by atoms with Crippen molar-refractivity contribution in [2.24, 2.45) is 11.8 Å². The van der Waals surface area contributed by atoms with Gasteiger partial charge in [-0.25, -0.2) is 0 Å². The van der Waals surface area contributed by atoms with Crippen molar-refractivity contribution in [2.45, 2.75) is 51.0 Å². The van der Waals surface area contributed by atoms with Gasteiger partial charge in [-0.1, -0.05) is 0 Å². The molecule has 5 heteroatoms. The van der Waals surface area contributed by atoms with Gasteiger partial charge >= 0.3 is 0 Å². The highest BCUT2D eigenvalue weighted by molar-refractivity contribution is 7.12. The number of thiophene rings is 1. The standard InChI is InChI=1S/C19H26N2O2S/c1-20-10-14-8-15(7-13(14)9-17(20)22)21(2)19(23)18-16-6-4-3-5-12(16)11-24-18/h11,13-15H,3-10H2,1-2H3/t13-,14+,15-/m0/s1. The average molecular weight is 346 g/mol. The Hall–Kier alpha value is -1.36. The Morgan fingerprint density at radius 2 is 2.00 bits per heavy atom. The zero-order chi connectivity index (χ0) is 16.8. The maximum atomic E-state index is 13.1. The third kappa shape index (κ3) is 2.67. The van der Waals surface area contributed by atoms with Crippen molar-refractivity contribution < 1.29 is 9.59 Å². The SMILES string of the molecule is CN1C[C@H]2C[C@@H](N(C)C(=O)c3scc4c3CCCC4)C[C@H]2CC1=O. The molecule has 2 fully saturated rings. The van der Waals surface area contributed by atoms with Gasteiger partial charge in [-0.3, -0.25) is 9.59 Å². The first-order chi connectivity index (χ1) is 11.5. The third-order valence-electron chi connectivity index (χ3n) is 6.35. The van der Waals surface area contributed by atoms with Crippen LogP contribution in [-0.2, 0) is 17.6 Å². The van der Waals surface area contributed by atoms with Gasteiger partial charge in [0.25, 0.3) is 5.91 Å². The second-order valence-corrected chi connectivity index (χ2v) is 8.70. The molecule has 3 aliphatic rings. The van der Waals surface area contributed by atoms with E-state index >= 15 is 0 Å². The fraction of sp³-hybridized carbons (Fsp3) is 0.684. The van der Waals surface area contributed by atoms with Crippen molar-refractivity contribution in [1.82, 2.24) is 9.80 Å². The Morgan fingerprint density at radius 3 is 2.83 bits per heavy atom. The van der Waals surface area contributed by atoms with Crippen LogP contribution in [-0.4, -0.2) is 48.3 Å². The summed E-state index contributed by atoms with van der Waals surface area (Å²) in [6, 6.07) is 0.285. The average Bonchev–Trinajstić information content (AvgIpc) is 3.18. The van der Waals surface area contributed by atoms with Gasteiger partial charge < -0.3 is 9.80 Å². The van der Waals surface area contributed by atoms with Crippen LogP contribution >= 0.6 is 11.3 Å². The molecule has 2 heterocycles. The molecule has 0 bridgehead atoms. The van der Waals surface area contributed by atoms with Crippen LogP contribution in [0, 0.1) is 11.8 Å². The van der Waals surface area contributed by atoms with Crippen molar-refractivity contribution >= 4 is 23.2 Å². The van der Waals surface area contributed by atoms with Crippen molar-refractivity contribution in [3.8, 4) is 0 Å². The Morgan fingerprint density at radius 1 is 1.25 bits per heavy atom. The number of nitrogens with zero attached hydrogens (tertiary/aromatic N) is 2. The number of piperidine rings is 1. The van der Waals surface area contributed by atoms with Crippen molar-refractivity contribution in [3.05, 3.63) is 21.4 Å². The molecular formula is C19H26N2O2S. The van der Waals surface area contributed by atoms with Gasteiger partial charge in [0.15, 0.2) is 0 Å². The number of rotatable bonds is 2. The first-order valence-corrected chi connectivity index (χ1v) is 10.0. The lowest BCUT2D eigenvalue weighted by Crippen LogP contribution is -2.39. The zero-order valence-electron chi connectivity index (χ0n) is 14.6. The minimum atomic E-state index is 0.200. The number of carbonyl (C=O) groups is 2. The van der Waals surface area contributed by atoms with Crippen LogP contribution in [0.25, 0.3) is 0 Å². The molecule has 1 saturated carbocycles. The van der Waals surface area contributed by atoms with Crippen LogP contribution in [0.2, 0.25) is 0 Å². The van der Waals surface area contributed by atoms with Crippen LogP contribution in [0.3, 0.4) is 0 Å². The predicted molar refractivity (Wildman–Crippen MR) is 95.3 cm³/mol. The normalized spacial score (nSPS) is 29.3. The molecule has 0 N–H and O–H groups in total. The minimum absolute atomic E-state index is 0.200. The van der Waals surface area contributed by atoms with E-state index in [4.69, 9.17) is 0 Å². The van der Waals surface area contributed by atoms with Crippen LogP contribution < -0.4 is 0 Å². The third-order valence-corrected chi connectivity index (χ3v) is 7.41. The van der Waals surface area contributed by atoms with Crippen LogP contribution in [0.5, 0.6) is 0 Å². The van der Waals surface area contributed by atoms with Gasteiger partial charge in [-0.2, -0.15) is 0 Å². The number of aryl methyl sites for hydroxylation is 1. The molecule has 1 aromatic rings. The summed E-state index contributed by atoms with van der Waals surface area (Å²) in [5.41, 5.74) is 2.71. The van der Waals surface area contributed by atoms with E-state index < -0.39 is 0 Å². The Labute approximate surface area is 147 Å². The number of carbonyl (C=O) groups excluding carboxylic acids is 2. The summed E-state index contributed by atoms with van der Waals surface area (Å²) < 4.78 is 0. The number of hydrogen-bond donors (Lipinski definition) is 0. The largest absolute Gasteiger partial charge is 0.345 e. The van der Waals surface area contributed by atoms with E-state index in [1.165, 1.54) is 24.0 Å². The molecular weight excluding hydrogens is 320 g/mol. The van der Waals surface area contributed by atoms with Gasteiger partial charge in [-0.15, -0.1) is 11.3 Å². The smallest absolute Gasteiger partial charge is 0.264 e. The summed E-state index contributed by atoms with van der Waals surface area (Å²) in [7, 11) is 3.86. The monoisotopic (exact) mass is 346 g/mol. The summed E-state index contributed by atoms with van der Waals surface area (Å²) in [6.07, 6.45) is 7.33. The summed E-state index contributed by atoms with van der Waals surface area (Å²) in [4.78, 5) is 29.8. The van der Waals surface area contributed by atoms with E-state index in [0.717, 1.165) is 37.1 Å². The lowest BCUT2D eigenvalue weighted by atomic mass is 9.88. The molecule has 0 radical (unpaired) electrons. The Kier molecular flexibility index (Phi) is 4.15. The quantitative estimate of drug-likeness (QED) is 0.826. The maximum Gasteiger partial charge on any atom is 0.264 e. The highest BCUT2D eigenvalue weighted by Crippen LogP contribution is 2.41. The van der Waals surface area contributed by atoms with Gasteiger partial charge in [0, 0.05) is 33.1 Å². The van der Waals surface area contributed by atoms with Gasteiger partial charge in [0.05, 0.1) is 4.88 Å². The fourth-order valence-electron chi connectivity index (χ4n) is 4.83. The molecule has 1 aromatic heterocycles. The predicted octanol–water partition coefficient (Wildman–Crippen LogP) is 2.96. The first kappa shape index (κ1) is 16.1. The van der Waals surface area contributed by atoms with Gasteiger partial charge in [-0.05, 0) is 66.9 Å². The van der Waals surface area contributed by atoms with Gasteiger partial charge in [0.2, 0.25) is 5.91 Å². The lowest BCUT2D eigenvalue weighted by Gasteiger charge is -2.31. The van der Waals surface area contributed by atoms with Crippen molar-refractivity contribution in [2.75, 3.05) is 20.6 Å². The zero-order valence-corrected chi connectivity index (χ0v) is 15.4. The van der Waals surface area contributed by atoms with E-state index in [-0.39, 0.29) is 17.9 Å². The summed E-state index contributed by atoms with van der Waals surface area (Å²) >= 11 is 1.63. The molecule has 4 rings (SSSR count). The number of hydrogen-bond acceptors (Lipinski definition) is 3. The summed E-state index contributed by atoms with van der Waals surface area (Å²) in [5.74, 6) is 1.49. The van der Waals surface area contributed by atoms with Crippen LogP contribution in [0.4, 0.5) is 0 Å². The molecule has 2 amide bonds. The molecule has 24 heavy (non-hydrogen) atoms. The second-order valence-electron chi connectivity index (χ2n) is 7.82. The highest BCUT2D eigenvalue weighted by Gasteiger charge is 2.42. The molecule has 1 saturated heterocycles. The molecule has 2 aliphatic carbocycles. The number of fused-ring (bicyclic) bond motifs is 2. The first-order valence-electron chi connectivity index (χ1n) is 9.15. The number of likely N-dealkylation sites (tertiary alicyclic amines) is 1. The molecule has 1 aliphatic heterocycles. The van der Waals surface area contributed by atoms with Crippen molar-refractivity contribution in [1.29, 1.82) is 0 Å². The number of amides is 2. The van der Waals surface area contributed by atoms with E-state index in [9.17, 15) is 9.59 Å². The summed E-state index contributed by atoms with van der Waals surface area (Å²) in [5, 5.41) is 2.19. The Balaban J connectivity index is 1.48. The van der Waals surface area contributed by atoms with Crippen molar-refractivity contribution in [3.63, 3.8) is 0 Å². The van der Waals surface area contributed by atoms with Crippen LogP contribution in [0.1, 0.15) is 52.9 Å². The van der Waals surface area contributed by atoms with E-state index in [1.54, 1.807) is 11.3 Å². The summed E-state index contributed by atoms with van der Waals surface area (Å²) in [6.45, 7) is 0.858. The minimum Gasteiger partial charge on any atom is -0.345 e. The van der Waals surface area contributed by atoms with Crippen LogP contribution in [0.15, 0.2) is 5.38 Å². The highest BCUT2D eigenvalue weighted by atomic mass is 32.1. The molecule has 0 unspecified atom stereocenters. The van der Waals surface area contributed by atoms with E-state index in [0.29, 0.717) is 18.3 Å². The molecule has 0 spiro atoms. The van der Waals surface area contributed by atoms with E-state index in [1.807, 2.05) is 23.9 Å². The molecule has 4 nitrogen and oxygen atoms in total. The molecule has 3 atom stereocenters. The van der Waals surface area contributed by atoms with Gasteiger partial charge in [0.1, 0.15) is 0 Å². The fourth-order valence-corrected chi connectivity index (χ4v) is 5.97. The second kappa shape index (κ2) is 6.17. The maximum absolute atomic E-state index is 13.1. The Bertz CT molecular complexity index is 668. The van der Waals surface area contributed by atoms with E-state index in [2.05, 4.69) is 5.38 Å². The lowest BCUT2D eigenvalue weighted by molar-refractivity contribution is -0.134. The molecule has 130 valence electrons. The topological polar surface area (TPSA) is 40.6 Å². The molecule has 0 aromatic carbocycles.